The molecule has 0 spiro atoms. The molecule has 0 saturated carbocycles. The Kier molecular flexibility index (Phi) is 10.1. The van der Waals surface area contributed by atoms with E-state index >= 15 is 0 Å². The Hall–Kier alpha value is -11.1. The van der Waals surface area contributed by atoms with Crippen molar-refractivity contribution < 1.29 is 13.3 Å². The fourth-order valence-corrected chi connectivity index (χ4v) is 13.8. The minimum Gasteiger partial charge on any atom is -0.456 e. The summed E-state index contributed by atoms with van der Waals surface area (Å²) in [6, 6.07) is 104. The van der Waals surface area contributed by atoms with Crippen LogP contribution >= 0.6 is 0 Å². The number of rotatable bonds is 7. The van der Waals surface area contributed by atoms with Crippen LogP contribution in [0.25, 0.3) is 121 Å². The standard InChI is InChI=1S/C78H47BN2O3/c1-5-19-48(20-6-1)52-33-36-66(59(39-52)50-23-9-3-10-24-50)80-68-44-62-57-28-14-17-31-73(57)83-76(62)46-64(68)79-65-47-77-63(58-29-15-18-32-74(58)84-77)45-69(65)81(67-37-34-53(49-21-7-2-8-22-49)40-60(67)51-25-11-4-12-26-51)71-43-55(42-70(80)78(71)79)54-35-38-75-61(41-54)56-27-13-16-30-72(56)82-75/h1-47H. The molecule has 5 nitrogen and oxygen atoms in total. The van der Waals surface area contributed by atoms with Gasteiger partial charge in [-0.1, -0.05) is 194 Å². The lowest BCUT2D eigenvalue weighted by atomic mass is 9.33. The molecule has 0 amide bonds. The van der Waals surface area contributed by atoms with Crippen LogP contribution in [0.5, 0.6) is 0 Å². The zero-order valence-electron chi connectivity index (χ0n) is 45.3. The van der Waals surface area contributed by atoms with Crippen molar-refractivity contribution in [1.29, 1.82) is 0 Å². The monoisotopic (exact) mass is 1070 g/mol. The Morgan fingerprint density at radius 3 is 1.02 bits per heavy atom. The van der Waals surface area contributed by atoms with E-state index in [4.69, 9.17) is 13.3 Å². The first-order valence-electron chi connectivity index (χ1n) is 28.7. The minimum absolute atomic E-state index is 0.274. The molecule has 0 aliphatic carbocycles. The summed E-state index contributed by atoms with van der Waals surface area (Å²) >= 11 is 0. The van der Waals surface area contributed by atoms with Crippen molar-refractivity contribution in [2.75, 3.05) is 9.80 Å². The molecule has 0 saturated heterocycles. The molecule has 0 N–H and O–H groups in total. The van der Waals surface area contributed by atoms with E-state index in [2.05, 4.69) is 289 Å². The molecule has 0 atom stereocenters. The van der Waals surface area contributed by atoms with Gasteiger partial charge in [-0.3, -0.25) is 0 Å². The third kappa shape index (κ3) is 7.11. The summed E-state index contributed by atoms with van der Waals surface area (Å²) in [6.45, 7) is -0.274. The molecule has 390 valence electrons. The van der Waals surface area contributed by atoms with E-state index in [0.29, 0.717) is 0 Å². The Balaban J connectivity index is 1.01. The molecule has 18 rings (SSSR count). The van der Waals surface area contributed by atoms with E-state index in [0.717, 1.165) is 166 Å². The molecule has 0 radical (unpaired) electrons. The molecule has 6 heteroatoms. The maximum Gasteiger partial charge on any atom is 0.252 e. The quantitative estimate of drug-likeness (QED) is 0.149. The first kappa shape index (κ1) is 46.7. The van der Waals surface area contributed by atoms with Crippen LogP contribution < -0.4 is 26.2 Å². The second-order valence-electron chi connectivity index (χ2n) is 22.3. The van der Waals surface area contributed by atoms with Crippen LogP contribution in [0.1, 0.15) is 0 Å². The number of nitrogens with zero attached hydrogens (tertiary/aromatic N) is 2. The van der Waals surface area contributed by atoms with Gasteiger partial charge in [0, 0.05) is 66.2 Å². The Morgan fingerprint density at radius 1 is 0.214 bits per heavy atom. The van der Waals surface area contributed by atoms with Crippen molar-refractivity contribution >= 4 is 123 Å². The average Bonchev–Trinajstić information content (AvgIpc) is 1.71. The summed E-state index contributed by atoms with van der Waals surface area (Å²) in [5, 5.41) is 6.43. The number of anilines is 6. The van der Waals surface area contributed by atoms with Gasteiger partial charge in [0.05, 0.1) is 11.4 Å². The van der Waals surface area contributed by atoms with E-state index in [1.807, 2.05) is 6.07 Å². The summed E-state index contributed by atoms with van der Waals surface area (Å²) in [4.78, 5) is 5.13. The highest BCUT2D eigenvalue weighted by molar-refractivity contribution is 7.00. The molecule has 84 heavy (non-hydrogen) atoms. The highest BCUT2D eigenvalue weighted by Gasteiger charge is 2.45. The largest absolute Gasteiger partial charge is 0.456 e. The number of fused-ring (bicyclic) bond motifs is 13. The molecule has 2 aliphatic rings. The van der Waals surface area contributed by atoms with Gasteiger partial charge in [-0.2, -0.15) is 0 Å². The maximum atomic E-state index is 6.93. The van der Waals surface area contributed by atoms with E-state index in [9.17, 15) is 0 Å². The predicted molar refractivity (Wildman–Crippen MR) is 349 cm³/mol. The summed E-state index contributed by atoms with van der Waals surface area (Å²) in [7, 11) is 0. The van der Waals surface area contributed by atoms with Gasteiger partial charge in [-0.05, 0) is 152 Å². The van der Waals surface area contributed by atoms with E-state index in [1.165, 1.54) is 5.46 Å². The van der Waals surface area contributed by atoms with Crippen LogP contribution in [0.4, 0.5) is 34.1 Å². The number of benzene rings is 13. The Bertz CT molecular complexity index is 5060. The SMILES string of the molecule is c1ccc(-c2ccc(N3c4cc5c(cc4B4c6cc7oc8ccccc8c7cc6N(c6ccc(-c7ccccc7)cc6-c6ccccc6)c6cc(-c7ccc8oc9ccccc9c8c7)cc3c64)oc3ccccc35)c(-c3ccccc3)c2)cc1. The van der Waals surface area contributed by atoms with Crippen molar-refractivity contribution in [2.45, 2.75) is 0 Å². The van der Waals surface area contributed by atoms with Gasteiger partial charge in [-0.15, -0.1) is 0 Å². The van der Waals surface area contributed by atoms with Crippen LogP contribution in [0.2, 0.25) is 0 Å². The smallest absolute Gasteiger partial charge is 0.252 e. The lowest BCUT2D eigenvalue weighted by Gasteiger charge is -2.45. The van der Waals surface area contributed by atoms with Crippen LogP contribution in [-0.2, 0) is 0 Å². The molecule has 5 heterocycles. The van der Waals surface area contributed by atoms with E-state index in [1.54, 1.807) is 0 Å². The van der Waals surface area contributed by atoms with Gasteiger partial charge in [0.15, 0.2) is 0 Å². The molecule has 13 aromatic carbocycles. The topological polar surface area (TPSA) is 45.9 Å². The van der Waals surface area contributed by atoms with Crippen LogP contribution in [0, 0.1) is 0 Å². The predicted octanol–water partition coefficient (Wildman–Crippen LogP) is 19.8. The third-order valence-electron chi connectivity index (χ3n) is 17.6. The Morgan fingerprint density at radius 2 is 0.571 bits per heavy atom. The van der Waals surface area contributed by atoms with E-state index in [-0.39, 0.29) is 6.71 Å². The molecule has 0 fully saturated rings. The molecular formula is C78H47BN2O3. The highest BCUT2D eigenvalue weighted by atomic mass is 16.3. The Labute approximate surface area is 484 Å². The zero-order valence-corrected chi connectivity index (χ0v) is 45.3. The zero-order chi connectivity index (χ0) is 55.0. The summed E-state index contributed by atoms with van der Waals surface area (Å²) in [5.41, 5.74) is 26.2. The van der Waals surface area contributed by atoms with Gasteiger partial charge in [0.25, 0.3) is 6.71 Å². The van der Waals surface area contributed by atoms with Crippen LogP contribution in [-0.4, -0.2) is 6.71 Å². The summed E-state index contributed by atoms with van der Waals surface area (Å²) in [5.74, 6) is 0. The third-order valence-corrected chi connectivity index (χ3v) is 17.6. The van der Waals surface area contributed by atoms with Gasteiger partial charge in [-0.25, -0.2) is 0 Å². The van der Waals surface area contributed by atoms with Crippen molar-refractivity contribution in [3.8, 4) is 55.6 Å². The van der Waals surface area contributed by atoms with Crippen LogP contribution in [0.3, 0.4) is 0 Å². The van der Waals surface area contributed by atoms with E-state index < -0.39 is 0 Å². The second-order valence-corrected chi connectivity index (χ2v) is 22.3. The molecule has 0 bridgehead atoms. The number of hydrogen-bond acceptors (Lipinski definition) is 5. The highest BCUT2D eigenvalue weighted by Crippen LogP contribution is 2.52. The van der Waals surface area contributed by atoms with Gasteiger partial charge >= 0.3 is 0 Å². The molecule has 2 aliphatic heterocycles. The number of furan rings is 3. The number of para-hydroxylation sites is 3. The van der Waals surface area contributed by atoms with Crippen molar-refractivity contribution in [3.63, 3.8) is 0 Å². The minimum atomic E-state index is -0.274. The average molecular weight is 1070 g/mol. The summed E-state index contributed by atoms with van der Waals surface area (Å²) < 4.78 is 20.4. The lowest BCUT2D eigenvalue weighted by Crippen LogP contribution is -2.61. The lowest BCUT2D eigenvalue weighted by molar-refractivity contribution is 0.668. The molecule has 16 aromatic rings. The van der Waals surface area contributed by atoms with Crippen molar-refractivity contribution in [3.05, 3.63) is 285 Å². The van der Waals surface area contributed by atoms with Crippen molar-refractivity contribution in [2.24, 2.45) is 0 Å². The normalized spacial score (nSPS) is 12.7. The maximum absolute atomic E-state index is 6.93. The molecular weight excluding hydrogens is 1020 g/mol. The first-order chi connectivity index (χ1) is 41.6. The van der Waals surface area contributed by atoms with Gasteiger partial charge < -0.3 is 23.1 Å². The fraction of sp³-hybridized carbons (Fsp3) is 0. The number of hydrogen-bond donors (Lipinski definition) is 0. The van der Waals surface area contributed by atoms with Gasteiger partial charge in [0.1, 0.15) is 33.5 Å². The van der Waals surface area contributed by atoms with Crippen molar-refractivity contribution in [1.82, 2.24) is 0 Å². The fourth-order valence-electron chi connectivity index (χ4n) is 13.8. The second kappa shape index (κ2) is 18.2. The first-order valence-corrected chi connectivity index (χ1v) is 28.7. The summed E-state index contributed by atoms with van der Waals surface area (Å²) in [6.07, 6.45) is 0. The van der Waals surface area contributed by atoms with Crippen LogP contribution in [0.15, 0.2) is 298 Å². The van der Waals surface area contributed by atoms with Gasteiger partial charge in [0.2, 0.25) is 0 Å². The molecule has 3 aromatic heterocycles. The molecule has 0 unspecified atom stereocenters.